The first-order valence-corrected chi connectivity index (χ1v) is 7.86. The maximum atomic E-state index is 12.2. The summed E-state index contributed by atoms with van der Waals surface area (Å²) >= 11 is 0. The van der Waals surface area contributed by atoms with E-state index in [1.165, 1.54) is 0 Å². The number of carbonyl (C=O) groups excluding carboxylic acids is 2. The lowest BCUT2D eigenvalue weighted by molar-refractivity contribution is -0.153. The van der Waals surface area contributed by atoms with E-state index in [9.17, 15) is 9.59 Å². The van der Waals surface area contributed by atoms with Crippen LogP contribution >= 0.6 is 0 Å². The van der Waals surface area contributed by atoms with Gasteiger partial charge in [0.2, 0.25) is 0 Å². The van der Waals surface area contributed by atoms with Gasteiger partial charge in [-0.05, 0) is 12.5 Å². The van der Waals surface area contributed by atoms with Gasteiger partial charge in [0.25, 0.3) is 0 Å². The van der Waals surface area contributed by atoms with Crippen molar-refractivity contribution in [1.29, 1.82) is 0 Å². The summed E-state index contributed by atoms with van der Waals surface area (Å²) < 4.78 is 22.1. The lowest BCUT2D eigenvalue weighted by atomic mass is 10.1. The molecule has 2 saturated heterocycles. The third-order valence-electron chi connectivity index (χ3n) is 4.01. The van der Waals surface area contributed by atoms with Crippen LogP contribution < -0.4 is 0 Å². The second-order valence-electron chi connectivity index (χ2n) is 5.61. The van der Waals surface area contributed by atoms with Gasteiger partial charge in [-0.2, -0.15) is 0 Å². The molecular formula is C17H20O6. The van der Waals surface area contributed by atoms with Crippen molar-refractivity contribution in [3.05, 3.63) is 36.0 Å². The quantitative estimate of drug-likeness (QED) is 0.730. The summed E-state index contributed by atoms with van der Waals surface area (Å²) in [6.45, 7) is 2.24. The maximum Gasteiger partial charge on any atom is 0.338 e. The van der Waals surface area contributed by atoms with E-state index in [1.807, 2.05) is 18.2 Å². The van der Waals surface area contributed by atoms with Crippen molar-refractivity contribution < 1.29 is 28.5 Å². The van der Waals surface area contributed by atoms with Crippen molar-refractivity contribution in [3.63, 3.8) is 0 Å². The summed E-state index contributed by atoms with van der Waals surface area (Å²) in [5.41, 5.74) is 0.495. The molecule has 0 N–H and O–H groups in total. The fourth-order valence-corrected chi connectivity index (χ4v) is 2.80. The Balaban J connectivity index is 1.59. The Kier molecular flexibility index (Phi) is 4.93. The molecule has 0 aromatic heterocycles. The van der Waals surface area contributed by atoms with Crippen molar-refractivity contribution in [2.24, 2.45) is 0 Å². The molecule has 1 unspecified atom stereocenters. The van der Waals surface area contributed by atoms with Crippen LogP contribution in [0, 0.1) is 0 Å². The highest BCUT2D eigenvalue weighted by Gasteiger charge is 2.51. The molecule has 3 aliphatic rings. The van der Waals surface area contributed by atoms with Crippen LogP contribution in [0.5, 0.6) is 0 Å². The zero-order valence-electron chi connectivity index (χ0n) is 13.0. The molecule has 2 aliphatic heterocycles. The topological polar surface area (TPSA) is 71.1 Å². The number of hydrogen-bond acceptors (Lipinski definition) is 6. The van der Waals surface area contributed by atoms with Crippen LogP contribution in [0.25, 0.3) is 0 Å². The first-order valence-electron chi connectivity index (χ1n) is 7.86. The molecule has 0 aromatic carbocycles. The molecule has 23 heavy (non-hydrogen) atoms. The van der Waals surface area contributed by atoms with Gasteiger partial charge in [-0.25, -0.2) is 4.79 Å². The standard InChI is InChI=1S/C17H20O6/c1-2-14(18)22-12-9-20-16-13(10-21-15(12)16)23-17(19)11-7-5-3-4-6-8-11/h3,5-8,12-13,15-16H,2,4,9-10H2,1H3/t12-,13?,15+,16+/m0/s1. The third-order valence-corrected chi connectivity index (χ3v) is 4.01. The normalized spacial score (nSPS) is 32.1. The van der Waals surface area contributed by atoms with Crippen molar-refractivity contribution >= 4 is 11.9 Å². The van der Waals surface area contributed by atoms with Gasteiger partial charge in [-0.3, -0.25) is 4.79 Å². The van der Waals surface area contributed by atoms with Crippen LogP contribution in [0.1, 0.15) is 19.8 Å². The van der Waals surface area contributed by atoms with Gasteiger partial charge >= 0.3 is 11.9 Å². The van der Waals surface area contributed by atoms with E-state index in [0.717, 1.165) is 6.42 Å². The Morgan fingerprint density at radius 3 is 2.52 bits per heavy atom. The molecule has 0 saturated carbocycles. The van der Waals surface area contributed by atoms with Gasteiger partial charge in [0.15, 0.2) is 12.2 Å². The number of carbonyl (C=O) groups is 2. The summed E-state index contributed by atoms with van der Waals surface area (Å²) in [6.07, 6.45) is 8.57. The monoisotopic (exact) mass is 320 g/mol. The molecule has 2 fully saturated rings. The Morgan fingerprint density at radius 2 is 1.83 bits per heavy atom. The van der Waals surface area contributed by atoms with Gasteiger partial charge in [-0.1, -0.05) is 31.2 Å². The van der Waals surface area contributed by atoms with Crippen LogP contribution in [0.3, 0.4) is 0 Å². The molecule has 0 spiro atoms. The van der Waals surface area contributed by atoms with Crippen LogP contribution in [-0.2, 0) is 28.5 Å². The molecule has 0 aromatic rings. The van der Waals surface area contributed by atoms with Gasteiger partial charge in [-0.15, -0.1) is 0 Å². The zero-order valence-corrected chi connectivity index (χ0v) is 13.0. The SMILES string of the molecule is CCC(=O)O[C@H]1CO[C@@H]2C(OC(=O)C3=CC=CCC=C3)CO[C@H]12. The molecule has 0 amide bonds. The lowest BCUT2D eigenvalue weighted by Gasteiger charge is -2.17. The van der Waals surface area contributed by atoms with E-state index >= 15 is 0 Å². The van der Waals surface area contributed by atoms with E-state index in [1.54, 1.807) is 19.1 Å². The van der Waals surface area contributed by atoms with Crippen molar-refractivity contribution in [2.45, 2.75) is 44.2 Å². The van der Waals surface area contributed by atoms with E-state index in [2.05, 4.69) is 0 Å². The predicted molar refractivity (Wildman–Crippen MR) is 80.5 cm³/mol. The molecule has 1 aliphatic carbocycles. The zero-order chi connectivity index (χ0) is 16.2. The Hall–Kier alpha value is -1.92. The number of ether oxygens (including phenoxy) is 4. The van der Waals surface area contributed by atoms with E-state index in [-0.39, 0.29) is 31.4 Å². The van der Waals surface area contributed by atoms with Crippen LogP contribution in [0.2, 0.25) is 0 Å². The molecule has 124 valence electrons. The summed E-state index contributed by atoms with van der Waals surface area (Å²) in [5, 5.41) is 0. The van der Waals surface area contributed by atoms with E-state index in [4.69, 9.17) is 18.9 Å². The van der Waals surface area contributed by atoms with Gasteiger partial charge in [0.1, 0.15) is 12.2 Å². The Labute approximate surface area is 134 Å². The smallest absolute Gasteiger partial charge is 0.338 e. The highest BCUT2D eigenvalue weighted by atomic mass is 16.7. The van der Waals surface area contributed by atoms with Crippen LogP contribution in [-0.4, -0.2) is 49.6 Å². The van der Waals surface area contributed by atoms with Crippen LogP contribution in [0.15, 0.2) is 36.0 Å². The predicted octanol–water partition coefficient (Wildman–Crippen LogP) is 1.46. The number of rotatable bonds is 4. The number of allylic oxidation sites excluding steroid dienone is 4. The highest BCUT2D eigenvalue weighted by molar-refractivity contribution is 5.92. The minimum absolute atomic E-state index is 0.244. The van der Waals surface area contributed by atoms with Crippen molar-refractivity contribution in [1.82, 2.24) is 0 Å². The fourth-order valence-electron chi connectivity index (χ4n) is 2.80. The fraction of sp³-hybridized carbons (Fsp3) is 0.529. The molecule has 4 atom stereocenters. The average Bonchev–Trinajstić information content (AvgIpc) is 3.00. The summed E-state index contributed by atoms with van der Waals surface area (Å²) in [6, 6.07) is 0. The van der Waals surface area contributed by atoms with Gasteiger partial charge < -0.3 is 18.9 Å². The average molecular weight is 320 g/mol. The third kappa shape index (κ3) is 3.54. The van der Waals surface area contributed by atoms with Crippen molar-refractivity contribution in [2.75, 3.05) is 13.2 Å². The largest absolute Gasteiger partial charge is 0.457 e. The van der Waals surface area contributed by atoms with Crippen molar-refractivity contribution in [3.8, 4) is 0 Å². The van der Waals surface area contributed by atoms with E-state index < -0.39 is 18.2 Å². The number of esters is 2. The molecule has 6 nitrogen and oxygen atoms in total. The number of fused-ring (bicyclic) bond motifs is 1. The summed E-state index contributed by atoms with van der Waals surface area (Å²) in [7, 11) is 0. The molecule has 0 bridgehead atoms. The molecule has 3 rings (SSSR count). The highest BCUT2D eigenvalue weighted by Crippen LogP contribution is 2.31. The molecular weight excluding hydrogens is 300 g/mol. The molecule has 2 heterocycles. The Morgan fingerprint density at radius 1 is 1.13 bits per heavy atom. The first-order chi connectivity index (χ1) is 11.2. The van der Waals surface area contributed by atoms with Crippen LogP contribution in [0.4, 0.5) is 0 Å². The summed E-state index contributed by atoms with van der Waals surface area (Å²) in [4.78, 5) is 23.6. The minimum Gasteiger partial charge on any atom is -0.457 e. The van der Waals surface area contributed by atoms with Gasteiger partial charge in [0.05, 0.1) is 18.8 Å². The van der Waals surface area contributed by atoms with Gasteiger partial charge in [0, 0.05) is 6.42 Å². The first kappa shape index (κ1) is 16.0. The molecule has 0 radical (unpaired) electrons. The summed E-state index contributed by atoms with van der Waals surface area (Å²) in [5.74, 6) is -0.691. The minimum atomic E-state index is -0.487. The second kappa shape index (κ2) is 7.10. The molecule has 6 heteroatoms. The second-order valence-corrected chi connectivity index (χ2v) is 5.61. The maximum absolute atomic E-state index is 12.2. The van der Waals surface area contributed by atoms with E-state index in [0.29, 0.717) is 12.0 Å². The lowest BCUT2D eigenvalue weighted by Crippen LogP contribution is -2.36. The number of hydrogen-bond donors (Lipinski definition) is 0. The Bertz CT molecular complexity index is 561.